The highest BCUT2D eigenvalue weighted by Crippen LogP contribution is 2.10. The fourth-order valence-corrected chi connectivity index (χ4v) is 2.29. The summed E-state index contributed by atoms with van der Waals surface area (Å²) >= 11 is 0. The van der Waals surface area contributed by atoms with E-state index in [-0.39, 0.29) is 0 Å². The molecule has 5 heteroatoms. The molecule has 0 spiro atoms. The highest BCUT2D eigenvalue weighted by Gasteiger charge is 2.12. The molecular formula is C12H19N3OSi. The van der Waals surface area contributed by atoms with Gasteiger partial charge in [-0.2, -0.15) is 0 Å². The highest BCUT2D eigenvalue weighted by atomic mass is 28.3. The third-order valence-electron chi connectivity index (χ3n) is 2.60. The maximum Gasteiger partial charge on any atom is 0.161 e. The van der Waals surface area contributed by atoms with E-state index in [1.807, 2.05) is 16.7 Å². The van der Waals surface area contributed by atoms with Crippen LogP contribution in [0.3, 0.4) is 0 Å². The molecule has 0 aromatic carbocycles. The molecule has 0 aliphatic heterocycles. The Morgan fingerprint density at radius 1 is 1.29 bits per heavy atom. The molecular weight excluding hydrogens is 230 g/mol. The predicted molar refractivity (Wildman–Crippen MR) is 71.6 cm³/mol. The van der Waals surface area contributed by atoms with Crippen molar-refractivity contribution in [2.75, 3.05) is 6.61 Å². The first-order valence-corrected chi connectivity index (χ1v) is 9.60. The molecule has 0 bridgehead atoms. The van der Waals surface area contributed by atoms with E-state index in [9.17, 15) is 0 Å². The van der Waals surface area contributed by atoms with Crippen LogP contribution in [-0.2, 0) is 11.5 Å². The second-order valence-corrected chi connectivity index (χ2v) is 11.0. The molecule has 0 aliphatic rings. The molecule has 0 aliphatic carbocycles. The Labute approximate surface area is 103 Å². The van der Waals surface area contributed by atoms with Crippen molar-refractivity contribution in [1.82, 2.24) is 14.5 Å². The summed E-state index contributed by atoms with van der Waals surface area (Å²) < 4.78 is 7.62. The van der Waals surface area contributed by atoms with Crippen molar-refractivity contribution in [2.24, 2.45) is 0 Å². The van der Waals surface area contributed by atoms with Crippen LogP contribution in [0.5, 0.6) is 0 Å². The number of hydrogen-bond acceptors (Lipinski definition) is 3. The third-order valence-corrected chi connectivity index (χ3v) is 4.31. The first-order valence-electron chi connectivity index (χ1n) is 5.90. The number of hydrogen-bond donors (Lipinski definition) is 0. The van der Waals surface area contributed by atoms with Gasteiger partial charge in [0, 0.05) is 20.9 Å². The quantitative estimate of drug-likeness (QED) is 0.604. The lowest BCUT2D eigenvalue weighted by molar-refractivity contribution is 0.0895. The van der Waals surface area contributed by atoms with Gasteiger partial charge in [-0.3, -0.25) is 4.57 Å². The summed E-state index contributed by atoms with van der Waals surface area (Å²) in [6.45, 7) is 8.42. The minimum atomic E-state index is -0.998. The Morgan fingerprint density at radius 3 is 2.88 bits per heavy atom. The second-order valence-electron chi connectivity index (χ2n) is 5.41. The van der Waals surface area contributed by atoms with E-state index in [4.69, 9.17) is 4.74 Å². The SMILES string of the molecule is C[Si](C)(C)CCOCn1cnc2cccnc21. The summed E-state index contributed by atoms with van der Waals surface area (Å²) in [5, 5.41) is 0. The van der Waals surface area contributed by atoms with Gasteiger partial charge in [-0.05, 0) is 18.2 Å². The number of aromatic nitrogens is 3. The number of ether oxygens (including phenoxy) is 1. The summed E-state index contributed by atoms with van der Waals surface area (Å²) in [4.78, 5) is 8.57. The monoisotopic (exact) mass is 249 g/mol. The number of nitrogens with zero attached hydrogens (tertiary/aromatic N) is 3. The van der Waals surface area contributed by atoms with Crippen molar-refractivity contribution < 1.29 is 4.74 Å². The number of fused-ring (bicyclic) bond motifs is 1. The summed E-state index contributed by atoms with van der Waals surface area (Å²) in [7, 11) is -0.998. The van der Waals surface area contributed by atoms with Gasteiger partial charge in [0.05, 0.1) is 6.33 Å². The van der Waals surface area contributed by atoms with Crippen molar-refractivity contribution in [3.05, 3.63) is 24.7 Å². The van der Waals surface area contributed by atoms with Crippen LogP contribution >= 0.6 is 0 Å². The Bertz CT molecular complexity index is 490. The van der Waals surface area contributed by atoms with Gasteiger partial charge >= 0.3 is 0 Å². The lowest BCUT2D eigenvalue weighted by Gasteiger charge is -2.15. The zero-order chi connectivity index (χ0) is 12.3. The first-order chi connectivity index (χ1) is 8.06. The van der Waals surface area contributed by atoms with E-state index < -0.39 is 8.07 Å². The van der Waals surface area contributed by atoms with Crippen molar-refractivity contribution >= 4 is 19.2 Å². The van der Waals surface area contributed by atoms with Gasteiger partial charge in [-0.15, -0.1) is 0 Å². The fourth-order valence-electron chi connectivity index (χ4n) is 1.53. The molecule has 0 saturated carbocycles. The van der Waals surface area contributed by atoms with Gasteiger partial charge in [-0.25, -0.2) is 9.97 Å². The third kappa shape index (κ3) is 3.37. The van der Waals surface area contributed by atoms with Crippen molar-refractivity contribution in [2.45, 2.75) is 32.4 Å². The summed E-state index contributed by atoms with van der Waals surface area (Å²) in [5.74, 6) is 0. The predicted octanol–water partition coefficient (Wildman–Crippen LogP) is 2.74. The minimum absolute atomic E-state index is 0.540. The minimum Gasteiger partial charge on any atom is -0.361 e. The van der Waals surface area contributed by atoms with E-state index >= 15 is 0 Å². The van der Waals surface area contributed by atoms with Crippen LogP contribution in [0.2, 0.25) is 25.7 Å². The molecule has 0 amide bonds. The van der Waals surface area contributed by atoms with Gasteiger partial charge < -0.3 is 4.74 Å². The summed E-state index contributed by atoms with van der Waals surface area (Å²) in [6, 6.07) is 5.04. The molecule has 0 atom stereocenters. The van der Waals surface area contributed by atoms with E-state index in [1.54, 1.807) is 12.5 Å². The van der Waals surface area contributed by atoms with Gasteiger partial charge in [0.1, 0.15) is 12.2 Å². The van der Waals surface area contributed by atoms with Gasteiger partial charge in [0.25, 0.3) is 0 Å². The molecule has 17 heavy (non-hydrogen) atoms. The van der Waals surface area contributed by atoms with Gasteiger partial charge in [-0.1, -0.05) is 19.6 Å². The van der Waals surface area contributed by atoms with Crippen LogP contribution in [0.4, 0.5) is 0 Å². The Balaban J connectivity index is 1.91. The molecule has 92 valence electrons. The molecule has 0 N–H and O–H groups in total. The average Bonchev–Trinajstić information content (AvgIpc) is 2.67. The van der Waals surface area contributed by atoms with Crippen molar-refractivity contribution in [1.29, 1.82) is 0 Å². The molecule has 2 aromatic heterocycles. The van der Waals surface area contributed by atoms with Crippen LogP contribution in [0.25, 0.3) is 11.2 Å². The first kappa shape index (κ1) is 12.3. The standard InChI is InChI=1S/C12H19N3OSi/c1-17(2,3)8-7-16-10-15-9-14-11-5-4-6-13-12(11)15/h4-6,9H,7-8,10H2,1-3H3. The Morgan fingerprint density at radius 2 is 2.12 bits per heavy atom. The molecule has 2 rings (SSSR count). The zero-order valence-corrected chi connectivity index (χ0v) is 11.7. The Hall–Kier alpha value is -1.20. The molecule has 0 unspecified atom stereocenters. The lowest BCUT2D eigenvalue weighted by Crippen LogP contribution is -2.22. The van der Waals surface area contributed by atoms with Crippen LogP contribution in [0.15, 0.2) is 24.7 Å². The smallest absolute Gasteiger partial charge is 0.161 e. The van der Waals surface area contributed by atoms with E-state index in [0.29, 0.717) is 6.73 Å². The molecule has 0 radical (unpaired) electrons. The Kier molecular flexibility index (Phi) is 3.59. The highest BCUT2D eigenvalue weighted by molar-refractivity contribution is 6.76. The van der Waals surface area contributed by atoms with Crippen LogP contribution in [-0.4, -0.2) is 29.2 Å². The maximum atomic E-state index is 5.68. The van der Waals surface area contributed by atoms with Crippen LogP contribution < -0.4 is 0 Å². The zero-order valence-electron chi connectivity index (χ0n) is 10.7. The normalized spacial score (nSPS) is 12.2. The summed E-state index contributed by atoms with van der Waals surface area (Å²) in [5.41, 5.74) is 1.81. The molecule has 2 aromatic rings. The molecule has 2 heterocycles. The molecule has 0 saturated heterocycles. The maximum absolute atomic E-state index is 5.68. The van der Waals surface area contributed by atoms with Crippen molar-refractivity contribution in [3.63, 3.8) is 0 Å². The largest absolute Gasteiger partial charge is 0.361 e. The second kappa shape index (κ2) is 4.97. The van der Waals surface area contributed by atoms with Crippen LogP contribution in [0.1, 0.15) is 0 Å². The van der Waals surface area contributed by atoms with E-state index in [1.165, 1.54) is 6.04 Å². The molecule has 0 fully saturated rings. The number of imidazole rings is 1. The number of pyridine rings is 1. The molecule has 4 nitrogen and oxygen atoms in total. The van der Waals surface area contributed by atoms with Gasteiger partial charge in [0.15, 0.2) is 5.65 Å². The summed E-state index contributed by atoms with van der Waals surface area (Å²) in [6.07, 6.45) is 3.56. The van der Waals surface area contributed by atoms with Crippen molar-refractivity contribution in [3.8, 4) is 0 Å². The van der Waals surface area contributed by atoms with E-state index in [2.05, 4.69) is 29.6 Å². The lowest BCUT2D eigenvalue weighted by atomic mass is 10.4. The number of rotatable bonds is 5. The van der Waals surface area contributed by atoms with E-state index in [0.717, 1.165) is 17.8 Å². The fraction of sp³-hybridized carbons (Fsp3) is 0.500. The topological polar surface area (TPSA) is 39.9 Å². The van der Waals surface area contributed by atoms with Crippen LogP contribution in [0, 0.1) is 0 Å². The van der Waals surface area contributed by atoms with Gasteiger partial charge in [0.2, 0.25) is 0 Å². The average molecular weight is 249 g/mol.